The number of rotatable bonds is 7. The van der Waals surface area contributed by atoms with Crippen LogP contribution >= 0.6 is 11.8 Å². The van der Waals surface area contributed by atoms with Crippen LogP contribution < -0.4 is 10.6 Å². The van der Waals surface area contributed by atoms with E-state index in [1.807, 2.05) is 41.8 Å². The summed E-state index contributed by atoms with van der Waals surface area (Å²) in [5.41, 5.74) is 0.803. The summed E-state index contributed by atoms with van der Waals surface area (Å²) in [7, 11) is 0. The van der Waals surface area contributed by atoms with Gasteiger partial charge in [0.2, 0.25) is 0 Å². The van der Waals surface area contributed by atoms with Crippen LogP contribution in [0.15, 0.2) is 58.5 Å². The predicted octanol–water partition coefficient (Wildman–Crippen LogP) is 2.72. The number of halogens is 1. The summed E-state index contributed by atoms with van der Waals surface area (Å²) in [5.74, 6) is 2.03. The number of thioether (sulfide) groups is 1. The molecule has 0 fully saturated rings. The Balaban J connectivity index is 1.55. The number of pyridine rings is 1. The topological polar surface area (TPSA) is 66.6 Å². The Labute approximate surface area is 155 Å². The molecule has 0 aliphatic rings. The third kappa shape index (κ3) is 4.72. The number of benzene rings is 1. The second-order valence-electron chi connectivity index (χ2n) is 5.45. The Hall–Kier alpha value is -2.61. The highest BCUT2D eigenvalue weighted by Gasteiger charge is 2.05. The van der Waals surface area contributed by atoms with E-state index in [1.165, 1.54) is 17.8 Å². The Morgan fingerprint density at radius 1 is 1.15 bits per heavy atom. The van der Waals surface area contributed by atoms with Crippen molar-refractivity contribution >= 4 is 23.4 Å². The first-order valence-corrected chi connectivity index (χ1v) is 9.44. The molecule has 3 aromatic rings. The number of aromatic nitrogens is 3. The molecule has 2 aromatic heterocycles. The smallest absolute Gasteiger partial charge is 0.191 e. The highest BCUT2D eigenvalue weighted by Crippen LogP contribution is 2.20. The zero-order chi connectivity index (χ0) is 18.2. The van der Waals surface area contributed by atoms with Crippen LogP contribution in [0.5, 0.6) is 0 Å². The molecular formula is C18H21FN6S. The molecule has 0 bridgehead atoms. The Morgan fingerprint density at radius 2 is 2.00 bits per heavy atom. The summed E-state index contributed by atoms with van der Waals surface area (Å²) in [4.78, 5) is 5.21. The molecule has 2 heterocycles. The fraction of sp³-hybridized carbons (Fsp3) is 0.278. The van der Waals surface area contributed by atoms with E-state index in [1.54, 1.807) is 12.1 Å². The quantitative estimate of drug-likeness (QED) is 0.289. The molecule has 0 atom stereocenters. The fourth-order valence-corrected chi connectivity index (χ4v) is 3.19. The first-order chi connectivity index (χ1) is 12.8. The van der Waals surface area contributed by atoms with E-state index in [9.17, 15) is 4.39 Å². The van der Waals surface area contributed by atoms with Crippen molar-refractivity contribution in [3.63, 3.8) is 0 Å². The Bertz CT molecular complexity index is 879. The van der Waals surface area contributed by atoms with Crippen LogP contribution in [0.3, 0.4) is 0 Å². The van der Waals surface area contributed by atoms with E-state index in [0.717, 1.165) is 23.8 Å². The van der Waals surface area contributed by atoms with E-state index in [4.69, 9.17) is 0 Å². The van der Waals surface area contributed by atoms with E-state index >= 15 is 0 Å². The summed E-state index contributed by atoms with van der Waals surface area (Å²) in [5, 5.41) is 14.8. The molecule has 1 aromatic carbocycles. The lowest BCUT2D eigenvalue weighted by Crippen LogP contribution is -2.38. The monoisotopic (exact) mass is 372 g/mol. The lowest BCUT2D eigenvalue weighted by Gasteiger charge is -2.11. The third-order valence-electron chi connectivity index (χ3n) is 3.60. The molecule has 0 unspecified atom stereocenters. The standard InChI is InChI=1S/C18H21FN6S/c1-2-20-18(21-10-12-26-15-8-4-3-7-14(15)19)22-13-17-24-23-16-9-5-6-11-25(16)17/h3-9,11H,2,10,12-13H2,1H3,(H2,20,21,22). The molecule has 0 aliphatic carbocycles. The van der Waals surface area contributed by atoms with Gasteiger partial charge in [0.25, 0.3) is 0 Å². The average molecular weight is 372 g/mol. The van der Waals surface area contributed by atoms with Crippen molar-refractivity contribution in [3.8, 4) is 0 Å². The number of hydrogen-bond acceptors (Lipinski definition) is 4. The zero-order valence-electron chi connectivity index (χ0n) is 14.5. The molecule has 0 spiro atoms. The molecule has 136 valence electrons. The summed E-state index contributed by atoms with van der Waals surface area (Å²) in [6.07, 6.45) is 1.92. The molecular weight excluding hydrogens is 351 g/mol. The van der Waals surface area contributed by atoms with Gasteiger partial charge < -0.3 is 10.6 Å². The van der Waals surface area contributed by atoms with Crippen LogP contribution in [-0.4, -0.2) is 39.4 Å². The molecule has 0 saturated heterocycles. The van der Waals surface area contributed by atoms with Gasteiger partial charge in [-0.15, -0.1) is 22.0 Å². The molecule has 0 aliphatic heterocycles. The lowest BCUT2D eigenvalue weighted by molar-refractivity contribution is 0.602. The molecule has 2 N–H and O–H groups in total. The maximum Gasteiger partial charge on any atom is 0.191 e. The minimum atomic E-state index is -0.184. The van der Waals surface area contributed by atoms with Crippen molar-refractivity contribution in [2.75, 3.05) is 18.8 Å². The molecule has 6 nitrogen and oxygen atoms in total. The fourth-order valence-electron chi connectivity index (χ4n) is 2.38. The van der Waals surface area contributed by atoms with Gasteiger partial charge in [-0.2, -0.15) is 0 Å². The van der Waals surface area contributed by atoms with Gasteiger partial charge in [-0.05, 0) is 31.2 Å². The molecule has 8 heteroatoms. The normalized spacial score (nSPS) is 11.7. The highest BCUT2D eigenvalue weighted by molar-refractivity contribution is 7.99. The van der Waals surface area contributed by atoms with Gasteiger partial charge in [0.05, 0.1) is 0 Å². The minimum Gasteiger partial charge on any atom is -0.357 e. The van der Waals surface area contributed by atoms with Crippen LogP contribution in [0, 0.1) is 5.82 Å². The van der Waals surface area contributed by atoms with Crippen molar-refractivity contribution in [1.82, 2.24) is 25.2 Å². The van der Waals surface area contributed by atoms with Gasteiger partial charge in [0.1, 0.15) is 12.4 Å². The predicted molar refractivity (Wildman–Crippen MR) is 103 cm³/mol. The Morgan fingerprint density at radius 3 is 2.85 bits per heavy atom. The van der Waals surface area contributed by atoms with Gasteiger partial charge in [0, 0.05) is 29.9 Å². The van der Waals surface area contributed by atoms with Crippen molar-refractivity contribution in [2.45, 2.75) is 18.4 Å². The van der Waals surface area contributed by atoms with Gasteiger partial charge in [-0.25, -0.2) is 9.38 Å². The molecule has 0 saturated carbocycles. The van der Waals surface area contributed by atoms with Crippen molar-refractivity contribution in [3.05, 3.63) is 60.3 Å². The van der Waals surface area contributed by atoms with Crippen LogP contribution in [0.2, 0.25) is 0 Å². The number of nitrogens with one attached hydrogen (secondary N) is 2. The minimum absolute atomic E-state index is 0.184. The lowest BCUT2D eigenvalue weighted by atomic mass is 10.3. The Kier molecular flexibility index (Phi) is 6.43. The molecule has 3 rings (SSSR count). The van der Waals surface area contributed by atoms with Gasteiger partial charge in [0.15, 0.2) is 17.4 Å². The number of hydrogen-bond donors (Lipinski definition) is 2. The van der Waals surface area contributed by atoms with Crippen molar-refractivity contribution in [2.24, 2.45) is 4.99 Å². The van der Waals surface area contributed by atoms with E-state index < -0.39 is 0 Å². The van der Waals surface area contributed by atoms with E-state index in [2.05, 4.69) is 25.8 Å². The second kappa shape index (κ2) is 9.19. The average Bonchev–Trinajstić information content (AvgIpc) is 3.07. The third-order valence-corrected chi connectivity index (χ3v) is 4.65. The van der Waals surface area contributed by atoms with E-state index in [0.29, 0.717) is 23.9 Å². The number of nitrogens with zero attached hydrogens (tertiary/aromatic N) is 4. The zero-order valence-corrected chi connectivity index (χ0v) is 15.3. The second-order valence-corrected chi connectivity index (χ2v) is 6.58. The van der Waals surface area contributed by atoms with Gasteiger partial charge in [-0.1, -0.05) is 18.2 Å². The number of guanidine groups is 1. The van der Waals surface area contributed by atoms with E-state index in [-0.39, 0.29) is 5.82 Å². The first kappa shape index (κ1) is 18.2. The van der Waals surface area contributed by atoms with Crippen molar-refractivity contribution < 1.29 is 4.39 Å². The molecule has 0 amide bonds. The van der Waals surface area contributed by atoms with Crippen LogP contribution in [0.25, 0.3) is 5.65 Å². The maximum atomic E-state index is 13.6. The highest BCUT2D eigenvalue weighted by atomic mass is 32.2. The van der Waals surface area contributed by atoms with Crippen LogP contribution in [0.1, 0.15) is 12.7 Å². The van der Waals surface area contributed by atoms with Crippen LogP contribution in [0.4, 0.5) is 4.39 Å². The first-order valence-electron chi connectivity index (χ1n) is 8.46. The summed E-state index contributed by atoms with van der Waals surface area (Å²) < 4.78 is 15.5. The van der Waals surface area contributed by atoms with Gasteiger partial charge >= 0.3 is 0 Å². The van der Waals surface area contributed by atoms with Gasteiger partial charge in [-0.3, -0.25) is 4.40 Å². The maximum absolute atomic E-state index is 13.6. The van der Waals surface area contributed by atoms with Crippen molar-refractivity contribution in [1.29, 1.82) is 0 Å². The number of fused-ring (bicyclic) bond motifs is 1. The summed E-state index contributed by atoms with van der Waals surface area (Å²) in [6.45, 7) is 3.86. The summed E-state index contributed by atoms with van der Waals surface area (Å²) >= 11 is 1.48. The number of aliphatic imine (C=N–C) groups is 1. The van der Waals surface area contributed by atoms with Crippen LogP contribution in [-0.2, 0) is 6.54 Å². The molecule has 26 heavy (non-hydrogen) atoms. The summed E-state index contributed by atoms with van der Waals surface area (Å²) in [6, 6.07) is 12.6. The SMILES string of the molecule is CCNC(=NCc1nnc2ccccn12)NCCSc1ccccc1F. The largest absolute Gasteiger partial charge is 0.357 e. The molecule has 0 radical (unpaired) electrons.